The van der Waals surface area contributed by atoms with Crippen LogP contribution in [0.2, 0.25) is 0 Å². The lowest BCUT2D eigenvalue weighted by Crippen LogP contribution is -2.24. The van der Waals surface area contributed by atoms with Gasteiger partial charge in [0.25, 0.3) is 0 Å². The normalized spacial score (nSPS) is 18.3. The number of amides is 1. The van der Waals surface area contributed by atoms with Gasteiger partial charge in [-0.05, 0) is 35.0 Å². The van der Waals surface area contributed by atoms with Crippen LogP contribution in [0.5, 0.6) is 0 Å². The van der Waals surface area contributed by atoms with E-state index in [0.29, 0.717) is 6.54 Å². The summed E-state index contributed by atoms with van der Waals surface area (Å²) in [6, 6.07) is 2.32. The lowest BCUT2D eigenvalue weighted by molar-refractivity contribution is -0.119. The van der Waals surface area contributed by atoms with E-state index in [-0.39, 0.29) is 34.4 Å². The van der Waals surface area contributed by atoms with Crippen molar-refractivity contribution in [2.24, 2.45) is 5.92 Å². The number of nitrogens with one attached hydrogen (secondary N) is 2. The molecule has 1 aliphatic rings. The lowest BCUT2D eigenvalue weighted by atomic mass is 10.1. The molecule has 0 spiro atoms. The third-order valence-electron chi connectivity index (χ3n) is 2.68. The van der Waals surface area contributed by atoms with Gasteiger partial charge in [0.15, 0.2) is 11.6 Å². The zero-order valence-corrected chi connectivity index (χ0v) is 11.7. The second kappa shape index (κ2) is 6.45. The number of halogens is 4. The molecule has 1 heterocycles. The second-order valence-electron chi connectivity index (χ2n) is 3.93. The molecule has 3 nitrogen and oxygen atoms in total. The highest BCUT2D eigenvalue weighted by Gasteiger charge is 2.22. The van der Waals surface area contributed by atoms with Gasteiger partial charge in [-0.25, -0.2) is 8.78 Å². The molecule has 1 fully saturated rings. The van der Waals surface area contributed by atoms with Gasteiger partial charge >= 0.3 is 0 Å². The Morgan fingerprint density at radius 1 is 1.44 bits per heavy atom. The smallest absolute Gasteiger partial charge is 0.228 e. The summed E-state index contributed by atoms with van der Waals surface area (Å²) in [5, 5.41) is 5.64. The molecule has 1 atom stereocenters. The average molecular weight is 342 g/mol. The number of hydrogen-bond donors (Lipinski definition) is 2. The number of benzene rings is 1. The fourth-order valence-electron chi connectivity index (χ4n) is 1.75. The molecule has 1 amide bonds. The Morgan fingerprint density at radius 2 is 2.17 bits per heavy atom. The summed E-state index contributed by atoms with van der Waals surface area (Å²) >= 11 is 2.89. The third-order valence-corrected chi connectivity index (χ3v) is 3.26. The van der Waals surface area contributed by atoms with Gasteiger partial charge < -0.3 is 10.6 Å². The van der Waals surface area contributed by atoms with Crippen LogP contribution in [0.4, 0.5) is 14.5 Å². The van der Waals surface area contributed by atoms with Crippen molar-refractivity contribution in [3.05, 3.63) is 28.2 Å². The average Bonchev–Trinajstić information content (AvgIpc) is 2.79. The predicted molar refractivity (Wildman–Crippen MR) is 70.9 cm³/mol. The summed E-state index contributed by atoms with van der Waals surface area (Å²) in [5.41, 5.74) is 0.257. The second-order valence-corrected chi connectivity index (χ2v) is 4.79. The summed E-state index contributed by atoms with van der Waals surface area (Å²) in [5.74, 6) is -2.22. The maximum absolute atomic E-state index is 13.1. The predicted octanol–water partition coefficient (Wildman–Crippen LogP) is 2.70. The minimum atomic E-state index is -0.987. The van der Waals surface area contributed by atoms with Crippen LogP contribution in [0.15, 0.2) is 16.6 Å². The van der Waals surface area contributed by atoms with E-state index >= 15 is 0 Å². The van der Waals surface area contributed by atoms with Crippen LogP contribution in [-0.2, 0) is 4.79 Å². The molecule has 1 aliphatic heterocycles. The molecule has 1 unspecified atom stereocenters. The van der Waals surface area contributed by atoms with E-state index in [1.54, 1.807) is 0 Å². The van der Waals surface area contributed by atoms with Gasteiger partial charge in [-0.3, -0.25) is 4.79 Å². The summed E-state index contributed by atoms with van der Waals surface area (Å²) in [6.07, 6.45) is 0.761. The van der Waals surface area contributed by atoms with Crippen LogP contribution in [-0.4, -0.2) is 19.0 Å². The van der Waals surface area contributed by atoms with Crippen molar-refractivity contribution in [3.63, 3.8) is 0 Å². The summed E-state index contributed by atoms with van der Waals surface area (Å²) < 4.78 is 26.1. The van der Waals surface area contributed by atoms with Crippen LogP contribution in [0, 0.1) is 17.6 Å². The van der Waals surface area contributed by atoms with Crippen molar-refractivity contribution in [1.82, 2.24) is 5.32 Å². The quantitative estimate of drug-likeness (QED) is 0.812. The first-order valence-electron chi connectivity index (χ1n) is 5.24. The largest absolute Gasteiger partial charge is 0.326 e. The molecule has 0 radical (unpaired) electrons. The molecule has 2 N–H and O–H groups in total. The molecule has 1 saturated heterocycles. The number of hydrogen-bond acceptors (Lipinski definition) is 2. The van der Waals surface area contributed by atoms with Gasteiger partial charge in [-0.15, -0.1) is 12.4 Å². The third kappa shape index (κ3) is 3.40. The molecular formula is C11H12BrClF2N2O. The monoisotopic (exact) mass is 340 g/mol. The first-order chi connectivity index (χ1) is 8.08. The number of rotatable bonds is 2. The van der Waals surface area contributed by atoms with Crippen LogP contribution < -0.4 is 10.6 Å². The van der Waals surface area contributed by atoms with E-state index in [1.807, 2.05) is 0 Å². The molecule has 0 bridgehead atoms. The Morgan fingerprint density at radius 3 is 2.72 bits per heavy atom. The zero-order chi connectivity index (χ0) is 12.4. The van der Waals surface area contributed by atoms with Crippen molar-refractivity contribution in [1.29, 1.82) is 0 Å². The Balaban J connectivity index is 0.00000162. The van der Waals surface area contributed by atoms with E-state index < -0.39 is 11.6 Å². The van der Waals surface area contributed by atoms with E-state index in [0.717, 1.165) is 19.0 Å². The summed E-state index contributed by atoms with van der Waals surface area (Å²) in [6.45, 7) is 1.43. The van der Waals surface area contributed by atoms with Crippen molar-refractivity contribution in [2.45, 2.75) is 6.42 Å². The van der Waals surface area contributed by atoms with Gasteiger partial charge in [0.05, 0.1) is 10.4 Å². The van der Waals surface area contributed by atoms with Crippen LogP contribution in [0.1, 0.15) is 6.42 Å². The molecule has 2 rings (SSSR count). The fourth-order valence-corrected chi connectivity index (χ4v) is 2.19. The minimum absolute atomic E-state index is 0. The van der Waals surface area contributed by atoms with Crippen molar-refractivity contribution >= 4 is 39.9 Å². The molecule has 1 aromatic carbocycles. The summed E-state index contributed by atoms with van der Waals surface area (Å²) in [7, 11) is 0. The van der Waals surface area contributed by atoms with E-state index in [2.05, 4.69) is 26.6 Å². The van der Waals surface area contributed by atoms with E-state index in [9.17, 15) is 13.6 Å². The topological polar surface area (TPSA) is 41.1 Å². The highest BCUT2D eigenvalue weighted by atomic mass is 79.9. The highest BCUT2D eigenvalue weighted by Crippen LogP contribution is 2.24. The Bertz CT molecular complexity index is 430. The lowest BCUT2D eigenvalue weighted by Gasteiger charge is -2.10. The Labute approximate surface area is 118 Å². The summed E-state index contributed by atoms with van der Waals surface area (Å²) in [4.78, 5) is 11.7. The molecule has 0 aliphatic carbocycles. The minimum Gasteiger partial charge on any atom is -0.326 e. The van der Waals surface area contributed by atoms with Gasteiger partial charge in [-0.2, -0.15) is 0 Å². The zero-order valence-electron chi connectivity index (χ0n) is 9.30. The van der Waals surface area contributed by atoms with Gasteiger partial charge in [0.1, 0.15) is 0 Å². The first kappa shape index (κ1) is 15.3. The van der Waals surface area contributed by atoms with E-state index in [4.69, 9.17) is 0 Å². The Hall–Kier alpha value is -0.720. The standard InChI is InChI=1S/C11H11BrF2N2O.ClH/c12-8-3-7(4-9(13)10(8)14)16-11(17)6-1-2-15-5-6;/h3-4,6,15H,1-2,5H2,(H,16,17);1H. The maximum atomic E-state index is 13.1. The Kier molecular flexibility index (Phi) is 5.49. The van der Waals surface area contributed by atoms with Crippen LogP contribution >= 0.6 is 28.3 Å². The number of carbonyl (C=O) groups is 1. The fraction of sp³-hybridized carbons (Fsp3) is 0.364. The van der Waals surface area contributed by atoms with Crippen molar-refractivity contribution in [3.8, 4) is 0 Å². The van der Waals surface area contributed by atoms with Gasteiger partial charge in [-0.1, -0.05) is 0 Å². The van der Waals surface area contributed by atoms with Gasteiger partial charge in [0.2, 0.25) is 5.91 Å². The van der Waals surface area contributed by atoms with Crippen molar-refractivity contribution < 1.29 is 13.6 Å². The SMILES string of the molecule is Cl.O=C(Nc1cc(F)c(F)c(Br)c1)C1CCNC1. The molecular weight excluding hydrogens is 329 g/mol. The van der Waals surface area contributed by atoms with Crippen LogP contribution in [0.25, 0.3) is 0 Å². The van der Waals surface area contributed by atoms with Gasteiger partial charge in [0, 0.05) is 18.3 Å². The number of carbonyl (C=O) groups excluding carboxylic acids is 1. The van der Waals surface area contributed by atoms with Crippen LogP contribution in [0.3, 0.4) is 0 Å². The first-order valence-corrected chi connectivity index (χ1v) is 6.03. The molecule has 1 aromatic rings. The molecule has 0 saturated carbocycles. The molecule has 18 heavy (non-hydrogen) atoms. The van der Waals surface area contributed by atoms with Crippen molar-refractivity contribution in [2.75, 3.05) is 18.4 Å². The molecule has 7 heteroatoms. The van der Waals surface area contributed by atoms with E-state index in [1.165, 1.54) is 6.07 Å². The number of anilines is 1. The highest BCUT2D eigenvalue weighted by molar-refractivity contribution is 9.10. The maximum Gasteiger partial charge on any atom is 0.228 e. The molecule has 0 aromatic heterocycles. The molecule has 100 valence electrons.